The minimum Gasteiger partial charge on any atom is -0.497 e. The Hall–Kier alpha value is -4.33. The Morgan fingerprint density at radius 1 is 0.811 bits per heavy atom. The first-order chi connectivity index (χ1) is 17.9. The van der Waals surface area contributed by atoms with Crippen molar-refractivity contribution in [3.05, 3.63) is 106 Å². The molecule has 9 heteroatoms. The van der Waals surface area contributed by atoms with E-state index in [1.165, 1.54) is 6.07 Å². The summed E-state index contributed by atoms with van der Waals surface area (Å²) in [7, 11) is 1.58. The number of hydrogen-bond donors (Lipinski definition) is 3. The first-order valence-electron chi connectivity index (χ1n) is 11.2. The second-order valence-electron chi connectivity index (χ2n) is 8.16. The average Bonchev–Trinajstić information content (AvgIpc) is 3.32. The van der Waals surface area contributed by atoms with Crippen molar-refractivity contribution in [2.45, 2.75) is 0 Å². The van der Waals surface area contributed by atoms with Crippen LogP contribution >= 0.6 is 23.2 Å². The van der Waals surface area contributed by atoms with Crippen LogP contribution in [0.1, 0.15) is 20.7 Å². The van der Waals surface area contributed by atoms with Crippen LogP contribution in [0.3, 0.4) is 0 Å². The Morgan fingerprint density at radius 2 is 1.51 bits per heavy atom. The molecular weight excluding hydrogens is 511 g/mol. The van der Waals surface area contributed by atoms with Gasteiger partial charge < -0.3 is 20.4 Å². The van der Waals surface area contributed by atoms with E-state index >= 15 is 0 Å². The Morgan fingerprint density at radius 3 is 2.22 bits per heavy atom. The highest BCUT2D eigenvalue weighted by atomic mass is 35.5. The molecule has 2 amide bonds. The van der Waals surface area contributed by atoms with Crippen LogP contribution in [0.25, 0.3) is 22.4 Å². The highest BCUT2D eigenvalue weighted by Crippen LogP contribution is 2.26. The zero-order valence-corrected chi connectivity index (χ0v) is 21.0. The van der Waals surface area contributed by atoms with E-state index in [0.717, 1.165) is 16.6 Å². The summed E-state index contributed by atoms with van der Waals surface area (Å²) in [5, 5.41) is 6.46. The van der Waals surface area contributed by atoms with Gasteiger partial charge in [-0.1, -0.05) is 23.2 Å². The number of aromatic amines is 1. The number of nitrogens with zero attached hydrogens (tertiary/aromatic N) is 1. The zero-order valence-electron chi connectivity index (χ0n) is 19.5. The van der Waals surface area contributed by atoms with Crippen molar-refractivity contribution in [3.63, 3.8) is 0 Å². The molecule has 7 nitrogen and oxygen atoms in total. The predicted octanol–water partition coefficient (Wildman–Crippen LogP) is 7.05. The van der Waals surface area contributed by atoms with E-state index in [2.05, 4.69) is 20.6 Å². The van der Waals surface area contributed by atoms with Crippen molar-refractivity contribution in [3.8, 4) is 17.1 Å². The van der Waals surface area contributed by atoms with Gasteiger partial charge in [0, 0.05) is 27.5 Å². The summed E-state index contributed by atoms with van der Waals surface area (Å²) in [5.74, 6) is 0.793. The summed E-state index contributed by atoms with van der Waals surface area (Å²) >= 11 is 12.1. The fourth-order valence-electron chi connectivity index (χ4n) is 3.75. The van der Waals surface area contributed by atoms with Crippen LogP contribution in [0, 0.1) is 0 Å². The minimum absolute atomic E-state index is 0.214. The zero-order chi connectivity index (χ0) is 25.9. The fraction of sp³-hybridized carbons (Fsp3) is 0.0357. The number of carbonyl (C=O) groups is 2. The molecule has 0 saturated carbocycles. The standard InChI is InChI=1S/C28H20Cl2N4O3/c1-37-21-10-4-17(5-11-21)27(35)31-19-7-2-16(3-8-19)26-33-24-13-9-20(15-25(24)34-26)32-28(36)22-12-6-18(29)14-23(22)30/h2-15H,1H3,(H,31,35)(H,32,36)(H,33,34). The molecule has 4 aromatic carbocycles. The molecule has 1 aromatic heterocycles. The van der Waals surface area contributed by atoms with Crippen LogP contribution in [-0.4, -0.2) is 28.9 Å². The smallest absolute Gasteiger partial charge is 0.257 e. The molecule has 0 bridgehead atoms. The van der Waals surface area contributed by atoms with Crippen molar-refractivity contribution in [1.82, 2.24) is 9.97 Å². The van der Waals surface area contributed by atoms with E-state index in [4.69, 9.17) is 27.9 Å². The van der Waals surface area contributed by atoms with Crippen molar-refractivity contribution in [1.29, 1.82) is 0 Å². The number of imidazole rings is 1. The van der Waals surface area contributed by atoms with Gasteiger partial charge in [0.05, 0.1) is 28.7 Å². The molecule has 0 fully saturated rings. The van der Waals surface area contributed by atoms with E-state index < -0.39 is 0 Å². The molecular formula is C28H20Cl2N4O3. The monoisotopic (exact) mass is 530 g/mol. The molecule has 1 heterocycles. The summed E-state index contributed by atoms with van der Waals surface area (Å²) in [6.45, 7) is 0. The number of anilines is 2. The summed E-state index contributed by atoms with van der Waals surface area (Å²) < 4.78 is 5.13. The lowest BCUT2D eigenvalue weighted by Gasteiger charge is -2.07. The third-order valence-electron chi connectivity index (χ3n) is 5.68. The molecule has 0 saturated heterocycles. The second kappa shape index (κ2) is 10.3. The maximum atomic E-state index is 12.6. The maximum absolute atomic E-state index is 12.6. The van der Waals surface area contributed by atoms with E-state index in [1.54, 1.807) is 55.6 Å². The highest BCUT2D eigenvalue weighted by molar-refractivity contribution is 6.37. The first kappa shape index (κ1) is 24.4. The Labute approximate surface area is 222 Å². The lowest BCUT2D eigenvalue weighted by atomic mass is 10.1. The quantitative estimate of drug-likeness (QED) is 0.219. The van der Waals surface area contributed by atoms with E-state index in [-0.39, 0.29) is 16.8 Å². The Kier molecular flexibility index (Phi) is 6.81. The van der Waals surface area contributed by atoms with Gasteiger partial charge in [-0.3, -0.25) is 9.59 Å². The molecule has 0 spiro atoms. The summed E-state index contributed by atoms with van der Waals surface area (Å²) in [6, 6.07) is 24.4. The number of nitrogens with one attached hydrogen (secondary N) is 3. The van der Waals surface area contributed by atoms with Gasteiger partial charge in [0.25, 0.3) is 11.8 Å². The number of H-pyrrole nitrogens is 1. The summed E-state index contributed by atoms with van der Waals surface area (Å²) in [6.07, 6.45) is 0. The predicted molar refractivity (Wildman–Crippen MR) is 147 cm³/mol. The van der Waals surface area contributed by atoms with Gasteiger partial charge in [0.2, 0.25) is 0 Å². The van der Waals surface area contributed by atoms with Crippen molar-refractivity contribution in [2.75, 3.05) is 17.7 Å². The number of methoxy groups -OCH3 is 1. The number of fused-ring (bicyclic) bond motifs is 1. The number of halogens is 2. The largest absolute Gasteiger partial charge is 0.497 e. The normalized spacial score (nSPS) is 10.8. The van der Waals surface area contributed by atoms with Crippen molar-refractivity contribution >= 4 is 57.4 Å². The van der Waals surface area contributed by atoms with Gasteiger partial charge in [-0.15, -0.1) is 0 Å². The SMILES string of the molecule is COc1ccc(C(=O)Nc2ccc(-c3nc4ccc(NC(=O)c5ccc(Cl)cc5Cl)cc4[nH]3)cc2)cc1. The number of ether oxygens (including phenoxy) is 1. The lowest BCUT2D eigenvalue weighted by molar-refractivity contribution is 0.101. The van der Waals surface area contributed by atoms with Crippen LogP contribution in [0.2, 0.25) is 10.0 Å². The van der Waals surface area contributed by atoms with E-state index in [9.17, 15) is 9.59 Å². The molecule has 0 radical (unpaired) electrons. The van der Waals surface area contributed by atoms with E-state index in [0.29, 0.717) is 39.1 Å². The van der Waals surface area contributed by atoms with Gasteiger partial charge >= 0.3 is 0 Å². The van der Waals surface area contributed by atoms with Gasteiger partial charge in [0.15, 0.2) is 0 Å². The number of amides is 2. The first-order valence-corrected chi connectivity index (χ1v) is 12.0. The number of rotatable bonds is 6. The molecule has 0 unspecified atom stereocenters. The van der Waals surface area contributed by atoms with Crippen LogP contribution in [0.15, 0.2) is 84.9 Å². The topological polar surface area (TPSA) is 96.1 Å². The van der Waals surface area contributed by atoms with Gasteiger partial charge in [-0.05, 0) is 84.9 Å². The molecule has 37 heavy (non-hydrogen) atoms. The van der Waals surface area contributed by atoms with Crippen LogP contribution in [0.5, 0.6) is 5.75 Å². The van der Waals surface area contributed by atoms with Gasteiger partial charge in [-0.25, -0.2) is 4.98 Å². The molecule has 184 valence electrons. The third kappa shape index (κ3) is 5.43. The number of carbonyl (C=O) groups excluding carboxylic acids is 2. The number of aromatic nitrogens is 2. The van der Waals surface area contributed by atoms with Gasteiger partial charge in [0.1, 0.15) is 11.6 Å². The molecule has 0 aliphatic heterocycles. The van der Waals surface area contributed by atoms with Gasteiger partial charge in [-0.2, -0.15) is 0 Å². The number of hydrogen-bond acceptors (Lipinski definition) is 4. The Balaban J connectivity index is 1.29. The van der Waals surface area contributed by atoms with Crippen LogP contribution < -0.4 is 15.4 Å². The van der Waals surface area contributed by atoms with E-state index in [1.807, 2.05) is 30.3 Å². The lowest BCUT2D eigenvalue weighted by Crippen LogP contribution is -2.12. The molecule has 5 rings (SSSR count). The molecule has 5 aromatic rings. The average molecular weight is 531 g/mol. The third-order valence-corrected chi connectivity index (χ3v) is 6.23. The highest BCUT2D eigenvalue weighted by Gasteiger charge is 2.13. The Bertz CT molecular complexity index is 1610. The van der Waals surface area contributed by atoms with Crippen LogP contribution in [-0.2, 0) is 0 Å². The molecule has 0 aliphatic rings. The molecule has 0 atom stereocenters. The van der Waals surface area contributed by atoms with Crippen LogP contribution in [0.4, 0.5) is 11.4 Å². The number of benzene rings is 4. The summed E-state index contributed by atoms with van der Waals surface area (Å²) in [5.41, 5.74) is 4.46. The minimum atomic E-state index is -0.340. The summed E-state index contributed by atoms with van der Waals surface area (Å²) in [4.78, 5) is 33.1. The maximum Gasteiger partial charge on any atom is 0.257 e. The molecule has 0 aliphatic carbocycles. The second-order valence-corrected chi connectivity index (χ2v) is 9.00. The fourth-order valence-corrected chi connectivity index (χ4v) is 4.25. The van der Waals surface area contributed by atoms with Crippen molar-refractivity contribution < 1.29 is 14.3 Å². The van der Waals surface area contributed by atoms with Crippen molar-refractivity contribution in [2.24, 2.45) is 0 Å². The molecule has 3 N–H and O–H groups in total.